The average molecular weight is 323 g/mol. The molecule has 2 aromatic rings. The second-order valence-corrected chi connectivity index (χ2v) is 6.39. The SMILES string of the molecule is Brc1cccc(-c2csc(C3CCCCN3)n2)c1. The molecule has 0 amide bonds. The van der Waals surface area contributed by atoms with Crippen LogP contribution in [-0.2, 0) is 0 Å². The van der Waals surface area contributed by atoms with Gasteiger partial charge >= 0.3 is 0 Å². The Labute approximate surface area is 120 Å². The lowest BCUT2D eigenvalue weighted by atomic mass is 10.1. The number of hydrogen-bond donors (Lipinski definition) is 1. The highest BCUT2D eigenvalue weighted by Gasteiger charge is 2.18. The van der Waals surface area contributed by atoms with Crippen molar-refractivity contribution >= 4 is 27.3 Å². The molecule has 94 valence electrons. The fourth-order valence-electron chi connectivity index (χ4n) is 2.29. The Kier molecular flexibility index (Phi) is 3.77. The van der Waals surface area contributed by atoms with E-state index in [0.717, 1.165) is 16.7 Å². The molecule has 1 aromatic carbocycles. The molecule has 1 fully saturated rings. The van der Waals surface area contributed by atoms with Crippen LogP contribution in [0.5, 0.6) is 0 Å². The minimum Gasteiger partial charge on any atom is -0.308 e. The Morgan fingerprint density at radius 3 is 3.06 bits per heavy atom. The molecule has 18 heavy (non-hydrogen) atoms. The van der Waals surface area contributed by atoms with Gasteiger partial charge in [0.15, 0.2) is 0 Å². The standard InChI is InChI=1S/C14H15BrN2S/c15-11-5-3-4-10(8-11)13-9-18-14(17-13)12-6-1-2-7-16-12/h3-5,8-9,12,16H,1-2,6-7H2. The van der Waals surface area contributed by atoms with Crippen LogP contribution in [0.4, 0.5) is 0 Å². The second-order valence-electron chi connectivity index (χ2n) is 4.58. The molecule has 0 bridgehead atoms. The molecule has 1 aliphatic heterocycles. The number of piperidine rings is 1. The summed E-state index contributed by atoms with van der Waals surface area (Å²) in [6.07, 6.45) is 3.81. The fraction of sp³-hybridized carbons (Fsp3) is 0.357. The second kappa shape index (κ2) is 5.51. The smallest absolute Gasteiger partial charge is 0.110 e. The largest absolute Gasteiger partial charge is 0.308 e. The summed E-state index contributed by atoms with van der Waals surface area (Å²) in [5, 5.41) is 6.94. The molecule has 2 nitrogen and oxygen atoms in total. The fourth-order valence-corrected chi connectivity index (χ4v) is 3.63. The normalized spacial score (nSPS) is 19.9. The number of nitrogens with zero attached hydrogens (tertiary/aromatic N) is 1. The van der Waals surface area contributed by atoms with Crippen LogP contribution in [0.1, 0.15) is 30.3 Å². The quantitative estimate of drug-likeness (QED) is 0.887. The average Bonchev–Trinajstić information content (AvgIpc) is 2.89. The Morgan fingerprint density at radius 1 is 1.33 bits per heavy atom. The van der Waals surface area contributed by atoms with Gasteiger partial charge in [-0.1, -0.05) is 34.5 Å². The van der Waals surface area contributed by atoms with E-state index in [0.29, 0.717) is 6.04 Å². The van der Waals surface area contributed by atoms with Gasteiger partial charge in [-0.3, -0.25) is 0 Å². The summed E-state index contributed by atoms with van der Waals surface area (Å²) in [5.41, 5.74) is 2.27. The van der Waals surface area contributed by atoms with E-state index in [9.17, 15) is 0 Å². The molecular formula is C14H15BrN2S. The minimum atomic E-state index is 0.463. The molecule has 1 aliphatic rings. The van der Waals surface area contributed by atoms with E-state index < -0.39 is 0 Å². The third-order valence-electron chi connectivity index (χ3n) is 3.25. The first-order chi connectivity index (χ1) is 8.83. The van der Waals surface area contributed by atoms with E-state index in [1.165, 1.54) is 29.8 Å². The molecule has 0 radical (unpaired) electrons. The van der Waals surface area contributed by atoms with Gasteiger partial charge in [-0.25, -0.2) is 4.98 Å². The van der Waals surface area contributed by atoms with Gasteiger partial charge in [0.1, 0.15) is 5.01 Å². The van der Waals surface area contributed by atoms with Gasteiger partial charge in [0.2, 0.25) is 0 Å². The molecule has 4 heteroatoms. The zero-order chi connectivity index (χ0) is 12.4. The lowest BCUT2D eigenvalue weighted by molar-refractivity contribution is 0.411. The number of thiazole rings is 1. The topological polar surface area (TPSA) is 24.9 Å². The lowest BCUT2D eigenvalue weighted by Crippen LogP contribution is -2.26. The summed E-state index contributed by atoms with van der Waals surface area (Å²) >= 11 is 5.27. The maximum absolute atomic E-state index is 4.78. The number of halogens is 1. The predicted molar refractivity (Wildman–Crippen MR) is 79.8 cm³/mol. The molecule has 1 atom stereocenters. The van der Waals surface area contributed by atoms with Crippen molar-refractivity contribution < 1.29 is 0 Å². The lowest BCUT2D eigenvalue weighted by Gasteiger charge is -2.21. The Bertz CT molecular complexity index is 532. The van der Waals surface area contributed by atoms with Gasteiger partial charge in [-0.2, -0.15) is 0 Å². The van der Waals surface area contributed by atoms with E-state index >= 15 is 0 Å². The van der Waals surface area contributed by atoms with Crippen LogP contribution in [0, 0.1) is 0 Å². The molecule has 0 saturated carbocycles. The predicted octanol–water partition coefficient (Wildman–Crippen LogP) is 4.39. The number of nitrogens with one attached hydrogen (secondary N) is 1. The van der Waals surface area contributed by atoms with Gasteiger partial charge < -0.3 is 5.32 Å². The zero-order valence-corrected chi connectivity index (χ0v) is 12.4. The summed E-state index contributed by atoms with van der Waals surface area (Å²) in [6, 6.07) is 8.78. The van der Waals surface area contributed by atoms with Crippen molar-refractivity contribution in [3.05, 3.63) is 39.1 Å². The molecule has 1 saturated heterocycles. The zero-order valence-electron chi connectivity index (χ0n) is 10.0. The molecule has 1 aromatic heterocycles. The molecule has 1 unspecified atom stereocenters. The number of benzene rings is 1. The monoisotopic (exact) mass is 322 g/mol. The van der Waals surface area contributed by atoms with Crippen LogP contribution in [-0.4, -0.2) is 11.5 Å². The van der Waals surface area contributed by atoms with Crippen molar-refractivity contribution in [1.82, 2.24) is 10.3 Å². The highest BCUT2D eigenvalue weighted by Crippen LogP contribution is 2.30. The minimum absolute atomic E-state index is 0.463. The molecular weight excluding hydrogens is 308 g/mol. The summed E-state index contributed by atoms with van der Waals surface area (Å²) in [7, 11) is 0. The van der Waals surface area contributed by atoms with E-state index in [1.807, 2.05) is 6.07 Å². The number of aromatic nitrogens is 1. The van der Waals surface area contributed by atoms with Crippen molar-refractivity contribution in [2.45, 2.75) is 25.3 Å². The first kappa shape index (κ1) is 12.3. The first-order valence-corrected chi connectivity index (χ1v) is 7.95. The molecule has 2 heterocycles. The Balaban J connectivity index is 1.84. The van der Waals surface area contributed by atoms with E-state index in [1.54, 1.807) is 11.3 Å². The van der Waals surface area contributed by atoms with Crippen LogP contribution in [0.15, 0.2) is 34.1 Å². The maximum Gasteiger partial charge on any atom is 0.110 e. The van der Waals surface area contributed by atoms with Crippen LogP contribution < -0.4 is 5.32 Å². The Hall–Kier alpha value is -0.710. The van der Waals surface area contributed by atoms with Crippen LogP contribution in [0.3, 0.4) is 0 Å². The van der Waals surface area contributed by atoms with Crippen molar-refractivity contribution in [2.24, 2.45) is 0 Å². The molecule has 1 N–H and O–H groups in total. The summed E-state index contributed by atoms with van der Waals surface area (Å²) < 4.78 is 1.10. The van der Waals surface area contributed by atoms with Crippen LogP contribution in [0.2, 0.25) is 0 Å². The van der Waals surface area contributed by atoms with Crippen molar-refractivity contribution in [1.29, 1.82) is 0 Å². The number of rotatable bonds is 2. The highest BCUT2D eigenvalue weighted by molar-refractivity contribution is 9.10. The van der Waals surface area contributed by atoms with Crippen molar-refractivity contribution in [3.8, 4) is 11.3 Å². The maximum atomic E-state index is 4.78. The van der Waals surface area contributed by atoms with Crippen LogP contribution in [0.25, 0.3) is 11.3 Å². The van der Waals surface area contributed by atoms with Crippen molar-refractivity contribution in [3.63, 3.8) is 0 Å². The summed E-state index contributed by atoms with van der Waals surface area (Å²) in [6.45, 7) is 1.12. The number of hydrogen-bond acceptors (Lipinski definition) is 3. The summed E-state index contributed by atoms with van der Waals surface area (Å²) in [5.74, 6) is 0. The van der Waals surface area contributed by atoms with Gasteiger partial charge in [-0.05, 0) is 31.5 Å². The van der Waals surface area contributed by atoms with E-state index in [4.69, 9.17) is 4.98 Å². The third kappa shape index (κ3) is 2.66. The molecule has 0 spiro atoms. The van der Waals surface area contributed by atoms with Crippen LogP contribution >= 0.6 is 27.3 Å². The first-order valence-electron chi connectivity index (χ1n) is 6.28. The molecule has 3 rings (SSSR count). The van der Waals surface area contributed by atoms with Gasteiger partial charge in [0, 0.05) is 15.4 Å². The van der Waals surface area contributed by atoms with Gasteiger partial charge in [0.05, 0.1) is 11.7 Å². The molecule has 0 aliphatic carbocycles. The van der Waals surface area contributed by atoms with Crippen molar-refractivity contribution in [2.75, 3.05) is 6.54 Å². The van der Waals surface area contributed by atoms with Gasteiger partial charge in [0.25, 0.3) is 0 Å². The summed E-state index contributed by atoms with van der Waals surface area (Å²) in [4.78, 5) is 4.78. The van der Waals surface area contributed by atoms with E-state index in [2.05, 4.69) is 44.8 Å². The highest BCUT2D eigenvalue weighted by atomic mass is 79.9. The third-order valence-corrected chi connectivity index (χ3v) is 4.70. The van der Waals surface area contributed by atoms with Gasteiger partial charge in [-0.15, -0.1) is 11.3 Å². The Morgan fingerprint density at radius 2 is 2.28 bits per heavy atom. The van der Waals surface area contributed by atoms with E-state index in [-0.39, 0.29) is 0 Å².